The van der Waals surface area contributed by atoms with Gasteiger partial charge in [-0.1, -0.05) is 12.1 Å². The quantitative estimate of drug-likeness (QED) is 0.523. The van der Waals surface area contributed by atoms with E-state index in [1.165, 1.54) is 22.9 Å². The van der Waals surface area contributed by atoms with Crippen molar-refractivity contribution in [2.75, 3.05) is 11.2 Å². The van der Waals surface area contributed by atoms with Crippen molar-refractivity contribution in [2.24, 2.45) is 0 Å². The minimum atomic E-state index is -0.595. The maximum absolute atomic E-state index is 13.5. The summed E-state index contributed by atoms with van der Waals surface area (Å²) in [5.41, 5.74) is 11.4. The predicted octanol–water partition coefficient (Wildman–Crippen LogP) is 2.06. The maximum Gasteiger partial charge on any atom is 0.272 e. The number of rotatable bonds is 7. The molecule has 4 N–H and O–H groups in total. The second-order valence-electron chi connectivity index (χ2n) is 7.35. The number of nitrogen functional groups attached to an aromatic ring is 1. The summed E-state index contributed by atoms with van der Waals surface area (Å²) in [6.45, 7) is 4.06. The van der Waals surface area contributed by atoms with Gasteiger partial charge in [0.25, 0.3) is 5.56 Å². The third kappa shape index (κ3) is 5.29. The van der Waals surface area contributed by atoms with E-state index in [4.69, 9.17) is 11.0 Å². The molecule has 3 aromatic rings. The second-order valence-corrected chi connectivity index (χ2v) is 7.35. The normalized spacial score (nSPS) is 10.4. The molecule has 164 valence electrons. The lowest BCUT2D eigenvalue weighted by Crippen LogP contribution is -2.34. The molecule has 0 unspecified atom stereocenters. The lowest BCUT2D eigenvalue weighted by molar-refractivity contribution is -0.120. The van der Waals surface area contributed by atoms with E-state index in [2.05, 4.69) is 15.7 Å². The summed E-state index contributed by atoms with van der Waals surface area (Å²) in [6.07, 6.45) is 1.49. The molecule has 2 aromatic heterocycles. The van der Waals surface area contributed by atoms with Gasteiger partial charge in [0.05, 0.1) is 18.5 Å². The lowest BCUT2D eigenvalue weighted by atomic mass is 10.1. The smallest absolute Gasteiger partial charge is 0.272 e. The van der Waals surface area contributed by atoms with E-state index in [1.807, 2.05) is 6.92 Å². The Labute approximate surface area is 184 Å². The molecule has 32 heavy (non-hydrogen) atoms. The monoisotopic (exact) mass is 434 g/mol. The lowest BCUT2D eigenvalue weighted by Gasteiger charge is -2.13. The van der Waals surface area contributed by atoms with Crippen LogP contribution in [0.15, 0.2) is 47.4 Å². The van der Waals surface area contributed by atoms with Gasteiger partial charge in [0.1, 0.15) is 17.7 Å². The van der Waals surface area contributed by atoms with E-state index >= 15 is 0 Å². The number of pyridine rings is 2. The molecule has 0 aliphatic rings. The molecule has 0 aliphatic heterocycles. The van der Waals surface area contributed by atoms with Gasteiger partial charge < -0.3 is 16.5 Å². The minimum Gasteiger partial charge on any atom is -0.384 e. The van der Waals surface area contributed by atoms with E-state index in [0.29, 0.717) is 22.5 Å². The van der Waals surface area contributed by atoms with Crippen molar-refractivity contribution in [3.8, 4) is 6.07 Å². The molecule has 0 radical (unpaired) electrons. The van der Waals surface area contributed by atoms with Crippen molar-refractivity contribution in [3.63, 3.8) is 0 Å². The summed E-state index contributed by atoms with van der Waals surface area (Å²) in [7, 11) is 0. The number of nitrogens with two attached hydrogens (primary N) is 1. The van der Waals surface area contributed by atoms with Crippen LogP contribution in [-0.2, 0) is 24.3 Å². The van der Waals surface area contributed by atoms with Crippen molar-refractivity contribution < 1.29 is 9.18 Å². The molecule has 0 bridgehead atoms. The number of nitriles is 1. The van der Waals surface area contributed by atoms with Crippen LogP contribution in [-0.4, -0.2) is 15.6 Å². The zero-order valence-electron chi connectivity index (χ0n) is 17.8. The van der Waals surface area contributed by atoms with Gasteiger partial charge in [-0.2, -0.15) is 5.26 Å². The highest BCUT2D eigenvalue weighted by molar-refractivity contribution is 5.78. The average molecular weight is 434 g/mol. The van der Waals surface area contributed by atoms with Crippen molar-refractivity contribution >= 4 is 11.7 Å². The third-order valence-electron chi connectivity index (χ3n) is 5.06. The number of aromatic nitrogens is 2. The van der Waals surface area contributed by atoms with E-state index < -0.39 is 5.82 Å². The molecule has 0 aliphatic carbocycles. The molecule has 2 heterocycles. The number of halogens is 1. The first kappa shape index (κ1) is 22.5. The molecule has 0 atom stereocenters. The molecule has 8 nitrogen and oxygen atoms in total. The fourth-order valence-electron chi connectivity index (χ4n) is 3.17. The van der Waals surface area contributed by atoms with Crippen molar-refractivity contribution in [3.05, 3.63) is 92.3 Å². The number of benzene rings is 1. The van der Waals surface area contributed by atoms with E-state index in [1.54, 1.807) is 37.4 Å². The topological polar surface area (TPSA) is 126 Å². The van der Waals surface area contributed by atoms with Crippen LogP contribution in [0.4, 0.5) is 10.2 Å². The maximum atomic E-state index is 13.5. The molecule has 0 saturated heterocycles. The first-order valence-corrected chi connectivity index (χ1v) is 9.90. The zero-order chi connectivity index (χ0) is 23.3. The van der Waals surface area contributed by atoms with Gasteiger partial charge in [0, 0.05) is 24.0 Å². The van der Waals surface area contributed by atoms with Gasteiger partial charge in [-0.25, -0.2) is 14.1 Å². The van der Waals surface area contributed by atoms with Crippen molar-refractivity contribution in [2.45, 2.75) is 33.4 Å². The van der Waals surface area contributed by atoms with Crippen LogP contribution in [0, 0.1) is 31.0 Å². The third-order valence-corrected chi connectivity index (χ3v) is 5.06. The fraction of sp³-hybridized carbons (Fsp3) is 0.217. The van der Waals surface area contributed by atoms with Crippen LogP contribution in [0.5, 0.6) is 0 Å². The van der Waals surface area contributed by atoms with Gasteiger partial charge >= 0.3 is 0 Å². The Hall–Kier alpha value is -4.19. The number of carbonyl (C=O) groups is 1. The predicted molar refractivity (Wildman–Crippen MR) is 119 cm³/mol. The van der Waals surface area contributed by atoms with Crippen LogP contribution >= 0.6 is 0 Å². The molecule has 3 rings (SSSR count). The van der Waals surface area contributed by atoms with Gasteiger partial charge in [-0.05, 0) is 54.8 Å². The molecular formula is C23H23FN6O2. The number of hydrogen-bond donors (Lipinski definition) is 3. The summed E-state index contributed by atoms with van der Waals surface area (Å²) >= 11 is 0. The highest BCUT2D eigenvalue weighted by Gasteiger charge is 2.13. The summed E-state index contributed by atoms with van der Waals surface area (Å²) in [6, 6.07) is 11.2. The van der Waals surface area contributed by atoms with Crippen molar-refractivity contribution in [1.82, 2.24) is 15.0 Å². The van der Waals surface area contributed by atoms with Gasteiger partial charge in [-0.3, -0.25) is 9.59 Å². The number of amides is 1. The summed E-state index contributed by atoms with van der Waals surface area (Å²) in [5.74, 6) is -0.478. The highest BCUT2D eigenvalue weighted by Crippen LogP contribution is 2.10. The largest absolute Gasteiger partial charge is 0.384 e. The zero-order valence-corrected chi connectivity index (χ0v) is 17.8. The van der Waals surface area contributed by atoms with Gasteiger partial charge in [0.2, 0.25) is 5.91 Å². The minimum absolute atomic E-state index is 0.0653. The molecular weight excluding hydrogens is 411 g/mol. The van der Waals surface area contributed by atoms with Crippen LogP contribution in [0.2, 0.25) is 0 Å². The summed E-state index contributed by atoms with van der Waals surface area (Å²) in [4.78, 5) is 29.5. The van der Waals surface area contributed by atoms with E-state index in [0.717, 1.165) is 11.3 Å². The molecule has 9 heteroatoms. The summed E-state index contributed by atoms with van der Waals surface area (Å²) in [5, 5.41) is 11.8. The number of anilines is 1. The van der Waals surface area contributed by atoms with Gasteiger partial charge in [0.15, 0.2) is 0 Å². The Balaban J connectivity index is 1.68. The molecule has 1 amide bonds. The Morgan fingerprint density at radius 1 is 1.22 bits per heavy atom. The van der Waals surface area contributed by atoms with Crippen LogP contribution < -0.4 is 22.0 Å². The summed E-state index contributed by atoms with van der Waals surface area (Å²) < 4.78 is 14.8. The van der Waals surface area contributed by atoms with E-state index in [9.17, 15) is 14.0 Å². The number of carbonyl (C=O) groups excluding carboxylic acids is 1. The number of hydrogen-bond acceptors (Lipinski definition) is 6. The molecule has 0 spiro atoms. The molecule has 0 saturated carbocycles. The van der Waals surface area contributed by atoms with Crippen molar-refractivity contribution in [1.29, 1.82) is 5.26 Å². The number of nitrogens with one attached hydrogen (secondary N) is 2. The van der Waals surface area contributed by atoms with Gasteiger partial charge in [-0.15, -0.1) is 0 Å². The highest BCUT2D eigenvalue weighted by atomic mass is 19.1. The van der Waals surface area contributed by atoms with Crippen LogP contribution in [0.1, 0.15) is 33.5 Å². The average Bonchev–Trinajstić information content (AvgIpc) is 2.76. The Morgan fingerprint density at radius 2 is 2.00 bits per heavy atom. The molecule has 0 fully saturated rings. The fourth-order valence-corrected chi connectivity index (χ4v) is 3.17. The second kappa shape index (κ2) is 9.75. The van der Waals surface area contributed by atoms with Crippen LogP contribution in [0.3, 0.4) is 0 Å². The SMILES string of the molecule is Cc1ccn(NCc2ccc(F)c(C#N)c2)c(=O)c1CC(=O)NCc1ccc(N)nc1C. The Morgan fingerprint density at radius 3 is 2.72 bits per heavy atom. The standard InChI is InChI=1S/C23H23FN6O2/c1-14-7-8-30(28-12-16-3-5-20(24)18(9-16)11-25)23(32)19(14)10-22(31)27-13-17-4-6-21(26)29-15(17)2/h3-9,28H,10,12-13H2,1-2H3,(H2,26,29)(H,27,31). The van der Waals surface area contributed by atoms with E-state index in [-0.39, 0.29) is 36.5 Å². The first-order chi connectivity index (χ1) is 15.3. The van der Waals surface area contributed by atoms with Crippen LogP contribution in [0.25, 0.3) is 0 Å². The number of aryl methyl sites for hydroxylation is 2. The molecule has 1 aromatic carbocycles. The number of nitrogens with zero attached hydrogens (tertiary/aromatic N) is 3. The first-order valence-electron chi connectivity index (χ1n) is 9.90. The Kier molecular flexibility index (Phi) is 6.85. The Bertz CT molecular complexity index is 1260.